The second-order valence-corrected chi connectivity index (χ2v) is 4.15. The molecule has 2 N–H and O–H groups in total. The molecule has 0 saturated carbocycles. The SMILES string of the molecule is N#Cc1cccc(C(=O)N(N)C(=O)c2ccc(F)nc2F)c1. The van der Waals surface area contributed by atoms with Crippen LogP contribution in [0.25, 0.3) is 0 Å². The van der Waals surface area contributed by atoms with E-state index in [4.69, 9.17) is 11.1 Å². The molecule has 2 rings (SSSR count). The predicted octanol–water partition coefficient (Wildman–Crippen LogP) is 1.39. The van der Waals surface area contributed by atoms with E-state index in [1.165, 1.54) is 24.3 Å². The normalized spacial score (nSPS) is 9.91. The molecule has 0 fully saturated rings. The highest BCUT2D eigenvalue weighted by molar-refractivity contribution is 6.09. The first-order valence-electron chi connectivity index (χ1n) is 5.89. The van der Waals surface area contributed by atoms with Crippen molar-refractivity contribution in [3.63, 3.8) is 0 Å². The number of nitriles is 1. The molecule has 1 aromatic carbocycles. The molecule has 0 unspecified atom stereocenters. The summed E-state index contributed by atoms with van der Waals surface area (Å²) in [6.07, 6.45) is 0. The molecule has 0 atom stereocenters. The van der Waals surface area contributed by atoms with E-state index in [2.05, 4.69) is 4.98 Å². The molecule has 2 amide bonds. The van der Waals surface area contributed by atoms with Gasteiger partial charge in [-0.05, 0) is 30.3 Å². The summed E-state index contributed by atoms with van der Waals surface area (Å²) in [4.78, 5) is 26.9. The Labute approximate surface area is 123 Å². The van der Waals surface area contributed by atoms with Crippen LogP contribution < -0.4 is 5.84 Å². The summed E-state index contributed by atoms with van der Waals surface area (Å²) < 4.78 is 26.2. The maximum Gasteiger partial charge on any atom is 0.279 e. The molecule has 1 heterocycles. The Morgan fingerprint density at radius 2 is 1.91 bits per heavy atom. The lowest BCUT2D eigenvalue weighted by molar-refractivity contribution is 0.0612. The molecule has 110 valence electrons. The van der Waals surface area contributed by atoms with Gasteiger partial charge in [-0.25, -0.2) is 10.9 Å². The third kappa shape index (κ3) is 2.94. The number of nitrogens with two attached hydrogens (primary N) is 1. The van der Waals surface area contributed by atoms with E-state index in [-0.39, 0.29) is 16.1 Å². The zero-order valence-electron chi connectivity index (χ0n) is 11.0. The van der Waals surface area contributed by atoms with Crippen molar-refractivity contribution in [1.82, 2.24) is 9.99 Å². The summed E-state index contributed by atoms with van der Waals surface area (Å²) in [6, 6.07) is 8.90. The van der Waals surface area contributed by atoms with Gasteiger partial charge in [-0.15, -0.1) is 0 Å². The minimum absolute atomic E-state index is 0.0228. The van der Waals surface area contributed by atoms with Crippen LogP contribution >= 0.6 is 0 Å². The topological polar surface area (TPSA) is 100 Å². The Hall–Kier alpha value is -3.18. The lowest BCUT2D eigenvalue weighted by Crippen LogP contribution is -2.43. The van der Waals surface area contributed by atoms with Crippen molar-refractivity contribution in [3.05, 3.63) is 65.0 Å². The molecule has 0 aliphatic heterocycles. The lowest BCUT2D eigenvalue weighted by atomic mass is 10.1. The minimum atomic E-state index is -1.38. The molecule has 0 bridgehead atoms. The standard InChI is InChI=1S/C14H8F2N4O2/c15-11-5-4-10(12(16)19-11)14(22)20(18)13(21)9-3-1-2-8(6-9)7-17/h1-6H,18H2. The molecule has 1 aromatic heterocycles. The summed E-state index contributed by atoms with van der Waals surface area (Å²) in [5.41, 5.74) is -0.472. The molecule has 0 spiro atoms. The van der Waals surface area contributed by atoms with Crippen LogP contribution in [0.15, 0.2) is 36.4 Å². The second kappa shape index (κ2) is 6.07. The molecule has 8 heteroatoms. The van der Waals surface area contributed by atoms with E-state index in [9.17, 15) is 18.4 Å². The maximum atomic E-state index is 13.4. The van der Waals surface area contributed by atoms with Gasteiger partial charge >= 0.3 is 0 Å². The van der Waals surface area contributed by atoms with Crippen molar-refractivity contribution in [2.45, 2.75) is 0 Å². The number of aromatic nitrogens is 1. The van der Waals surface area contributed by atoms with Crippen molar-refractivity contribution in [2.75, 3.05) is 0 Å². The van der Waals surface area contributed by atoms with E-state index >= 15 is 0 Å². The fourth-order valence-electron chi connectivity index (χ4n) is 1.65. The zero-order valence-corrected chi connectivity index (χ0v) is 11.0. The Kier molecular flexibility index (Phi) is 4.20. The Morgan fingerprint density at radius 1 is 1.18 bits per heavy atom. The summed E-state index contributed by atoms with van der Waals surface area (Å²) in [6.45, 7) is 0. The van der Waals surface area contributed by atoms with Crippen LogP contribution in [0.2, 0.25) is 0 Å². The Balaban J connectivity index is 2.30. The number of nitrogens with zero attached hydrogens (tertiary/aromatic N) is 3. The monoisotopic (exact) mass is 302 g/mol. The van der Waals surface area contributed by atoms with Crippen LogP contribution in [-0.4, -0.2) is 21.8 Å². The quantitative estimate of drug-likeness (QED) is 0.297. The zero-order chi connectivity index (χ0) is 16.3. The van der Waals surface area contributed by atoms with Gasteiger partial charge in [-0.1, -0.05) is 6.07 Å². The van der Waals surface area contributed by atoms with Crippen LogP contribution in [0.5, 0.6) is 0 Å². The van der Waals surface area contributed by atoms with E-state index < -0.39 is 29.3 Å². The smallest absolute Gasteiger partial charge is 0.267 e. The van der Waals surface area contributed by atoms with Gasteiger partial charge in [0.1, 0.15) is 0 Å². The first-order valence-corrected chi connectivity index (χ1v) is 5.89. The van der Waals surface area contributed by atoms with Crippen molar-refractivity contribution in [2.24, 2.45) is 5.84 Å². The van der Waals surface area contributed by atoms with Gasteiger partial charge in [0, 0.05) is 5.56 Å². The van der Waals surface area contributed by atoms with Gasteiger partial charge in [0.05, 0.1) is 17.2 Å². The number of halogens is 2. The van der Waals surface area contributed by atoms with Gasteiger partial charge in [0.2, 0.25) is 11.9 Å². The molecule has 6 nitrogen and oxygen atoms in total. The third-order valence-electron chi connectivity index (χ3n) is 2.72. The Bertz CT molecular complexity index is 802. The van der Waals surface area contributed by atoms with Crippen LogP contribution in [0, 0.1) is 23.2 Å². The number of hydrazine groups is 1. The lowest BCUT2D eigenvalue weighted by Gasteiger charge is -2.15. The summed E-state index contributed by atoms with van der Waals surface area (Å²) in [5, 5.41) is 8.94. The van der Waals surface area contributed by atoms with Crippen LogP contribution in [0.1, 0.15) is 26.3 Å². The van der Waals surface area contributed by atoms with Crippen molar-refractivity contribution >= 4 is 11.8 Å². The number of carbonyl (C=O) groups excluding carboxylic acids is 2. The van der Waals surface area contributed by atoms with Gasteiger partial charge in [0.25, 0.3) is 11.8 Å². The first-order chi connectivity index (χ1) is 10.4. The molecule has 2 aromatic rings. The average molecular weight is 302 g/mol. The Morgan fingerprint density at radius 3 is 2.55 bits per heavy atom. The van der Waals surface area contributed by atoms with E-state index in [0.717, 1.165) is 12.1 Å². The van der Waals surface area contributed by atoms with Crippen LogP contribution in [0.3, 0.4) is 0 Å². The molecule has 0 aliphatic rings. The molecule has 0 radical (unpaired) electrons. The summed E-state index contributed by atoms with van der Waals surface area (Å²) >= 11 is 0. The van der Waals surface area contributed by atoms with Crippen molar-refractivity contribution in [1.29, 1.82) is 5.26 Å². The highest BCUT2D eigenvalue weighted by atomic mass is 19.1. The number of imide groups is 1. The number of rotatable bonds is 2. The van der Waals surface area contributed by atoms with E-state index in [0.29, 0.717) is 0 Å². The maximum absolute atomic E-state index is 13.4. The number of carbonyl (C=O) groups is 2. The van der Waals surface area contributed by atoms with Crippen molar-refractivity contribution in [3.8, 4) is 6.07 Å². The summed E-state index contributed by atoms with van der Waals surface area (Å²) in [7, 11) is 0. The molecule has 0 saturated heterocycles. The first kappa shape index (κ1) is 15.2. The number of hydrogen-bond donors (Lipinski definition) is 1. The molecular formula is C14H8F2N4O2. The van der Waals surface area contributed by atoms with E-state index in [1.807, 2.05) is 6.07 Å². The highest BCUT2D eigenvalue weighted by Crippen LogP contribution is 2.11. The number of hydrogen-bond acceptors (Lipinski definition) is 5. The van der Waals surface area contributed by atoms with Gasteiger partial charge in [-0.2, -0.15) is 19.0 Å². The number of pyridine rings is 1. The number of amides is 2. The van der Waals surface area contributed by atoms with Gasteiger partial charge in [0.15, 0.2) is 0 Å². The van der Waals surface area contributed by atoms with E-state index in [1.54, 1.807) is 0 Å². The largest absolute Gasteiger partial charge is 0.279 e. The fraction of sp³-hybridized carbons (Fsp3) is 0. The van der Waals surface area contributed by atoms with Crippen molar-refractivity contribution < 1.29 is 18.4 Å². The van der Waals surface area contributed by atoms with Gasteiger partial charge < -0.3 is 0 Å². The fourth-order valence-corrected chi connectivity index (χ4v) is 1.65. The van der Waals surface area contributed by atoms with Gasteiger partial charge in [-0.3, -0.25) is 9.59 Å². The average Bonchev–Trinajstić information content (AvgIpc) is 2.53. The van der Waals surface area contributed by atoms with Crippen LogP contribution in [-0.2, 0) is 0 Å². The highest BCUT2D eigenvalue weighted by Gasteiger charge is 2.24. The molecule has 22 heavy (non-hydrogen) atoms. The summed E-state index contributed by atoms with van der Waals surface area (Å²) in [5.74, 6) is 0.783. The van der Waals surface area contributed by atoms with Crippen LogP contribution in [0.4, 0.5) is 8.78 Å². The predicted molar refractivity (Wildman–Crippen MR) is 70.0 cm³/mol. The molecular weight excluding hydrogens is 294 g/mol. The third-order valence-corrected chi connectivity index (χ3v) is 2.72. The minimum Gasteiger partial charge on any atom is -0.267 e. The second-order valence-electron chi connectivity index (χ2n) is 4.15. The number of benzene rings is 1. The molecule has 0 aliphatic carbocycles.